The van der Waals surface area contributed by atoms with E-state index >= 15 is 0 Å². The van der Waals surface area contributed by atoms with E-state index in [1.807, 2.05) is 20.8 Å². The molecule has 0 fully saturated rings. The second kappa shape index (κ2) is 7.08. The van der Waals surface area contributed by atoms with Gasteiger partial charge in [-0.15, -0.1) is 0 Å². The van der Waals surface area contributed by atoms with Crippen molar-refractivity contribution in [2.75, 3.05) is 6.54 Å². The number of carbonyl (C=O) groups is 2. The largest absolute Gasteiger partial charge is 0.488 e. The Bertz CT molecular complexity index is 491. The van der Waals surface area contributed by atoms with Crippen molar-refractivity contribution in [3.63, 3.8) is 0 Å². The summed E-state index contributed by atoms with van der Waals surface area (Å²) in [4.78, 5) is 22.3. The molecule has 0 saturated carbocycles. The molecule has 0 unspecified atom stereocenters. The number of aliphatic carboxylic acids is 1. The van der Waals surface area contributed by atoms with Crippen LogP contribution >= 0.6 is 0 Å². The fraction of sp³-hybridized carbons (Fsp3) is 0.467. The molecule has 1 atom stereocenters. The van der Waals surface area contributed by atoms with Gasteiger partial charge in [0, 0.05) is 6.42 Å². The van der Waals surface area contributed by atoms with Crippen LogP contribution in [0.4, 0.5) is 0 Å². The van der Waals surface area contributed by atoms with Crippen molar-refractivity contribution < 1.29 is 19.4 Å². The van der Waals surface area contributed by atoms with Gasteiger partial charge in [-0.3, -0.25) is 4.79 Å². The van der Waals surface area contributed by atoms with Gasteiger partial charge in [-0.25, -0.2) is 4.79 Å². The second-order valence-corrected chi connectivity index (χ2v) is 5.72. The fourth-order valence-corrected chi connectivity index (χ4v) is 1.74. The van der Waals surface area contributed by atoms with E-state index < -0.39 is 17.9 Å². The average molecular weight is 294 g/mol. The van der Waals surface area contributed by atoms with Crippen LogP contribution in [0.25, 0.3) is 0 Å². The van der Waals surface area contributed by atoms with E-state index in [0.717, 1.165) is 5.56 Å². The van der Waals surface area contributed by atoms with E-state index in [-0.39, 0.29) is 18.6 Å². The van der Waals surface area contributed by atoms with E-state index in [1.165, 1.54) is 0 Å². The van der Waals surface area contributed by atoms with Crippen LogP contribution in [-0.4, -0.2) is 35.2 Å². The zero-order valence-corrected chi connectivity index (χ0v) is 12.6. The van der Waals surface area contributed by atoms with Crippen molar-refractivity contribution >= 4 is 11.9 Å². The number of carboxylic acids is 1. The molecule has 6 heteroatoms. The standard InChI is InChI=1S/C15H22N2O4/c1-15(2,3)21-11-6-4-10(5-7-11)8-12(14(19)20)17-13(18)9-16/h4-7,12H,8-9,16H2,1-3H3,(H,17,18)(H,19,20)/t12-/m0/s1. The molecule has 0 aromatic heterocycles. The summed E-state index contributed by atoms with van der Waals surface area (Å²) >= 11 is 0. The Balaban J connectivity index is 2.72. The van der Waals surface area contributed by atoms with Crippen molar-refractivity contribution in [3.8, 4) is 5.75 Å². The predicted octanol–water partition coefficient (Wildman–Crippen LogP) is 0.934. The number of hydrogen-bond donors (Lipinski definition) is 3. The smallest absolute Gasteiger partial charge is 0.326 e. The molecule has 1 aromatic rings. The summed E-state index contributed by atoms with van der Waals surface area (Å²) in [6.07, 6.45) is 0.191. The minimum absolute atomic E-state index is 0.191. The van der Waals surface area contributed by atoms with Gasteiger partial charge in [-0.05, 0) is 38.5 Å². The Labute approximate surface area is 124 Å². The van der Waals surface area contributed by atoms with Gasteiger partial charge >= 0.3 is 5.97 Å². The van der Waals surface area contributed by atoms with Crippen LogP contribution in [0.2, 0.25) is 0 Å². The third-order valence-corrected chi connectivity index (χ3v) is 2.61. The van der Waals surface area contributed by atoms with Crippen LogP contribution in [0, 0.1) is 0 Å². The molecule has 0 spiro atoms. The Morgan fingerprint density at radius 2 is 1.86 bits per heavy atom. The van der Waals surface area contributed by atoms with E-state index in [1.54, 1.807) is 24.3 Å². The van der Waals surface area contributed by atoms with Crippen LogP contribution in [0.1, 0.15) is 26.3 Å². The van der Waals surface area contributed by atoms with Gasteiger partial charge in [0.25, 0.3) is 0 Å². The normalized spacial score (nSPS) is 12.6. The molecule has 4 N–H and O–H groups in total. The third kappa shape index (κ3) is 6.27. The zero-order chi connectivity index (χ0) is 16.0. The van der Waals surface area contributed by atoms with E-state index in [2.05, 4.69) is 5.32 Å². The average Bonchev–Trinajstić information content (AvgIpc) is 2.38. The number of carboxylic acid groups (broad SMARTS) is 1. The zero-order valence-electron chi connectivity index (χ0n) is 12.6. The molecule has 1 aromatic carbocycles. The Morgan fingerprint density at radius 1 is 1.29 bits per heavy atom. The minimum Gasteiger partial charge on any atom is -0.488 e. The highest BCUT2D eigenvalue weighted by molar-refractivity contribution is 5.84. The van der Waals surface area contributed by atoms with E-state index in [4.69, 9.17) is 15.6 Å². The maximum atomic E-state index is 11.2. The summed E-state index contributed by atoms with van der Waals surface area (Å²) in [5.41, 5.74) is 5.67. The predicted molar refractivity (Wildman–Crippen MR) is 79.1 cm³/mol. The molecule has 1 rings (SSSR count). The highest BCUT2D eigenvalue weighted by atomic mass is 16.5. The second-order valence-electron chi connectivity index (χ2n) is 5.72. The summed E-state index contributed by atoms with van der Waals surface area (Å²) in [6, 6.07) is 6.14. The minimum atomic E-state index is -1.09. The summed E-state index contributed by atoms with van der Waals surface area (Å²) < 4.78 is 5.69. The van der Waals surface area contributed by atoms with Gasteiger partial charge in [0.2, 0.25) is 5.91 Å². The molecular weight excluding hydrogens is 272 g/mol. The Morgan fingerprint density at radius 3 is 2.29 bits per heavy atom. The molecule has 0 radical (unpaired) electrons. The highest BCUT2D eigenvalue weighted by Crippen LogP contribution is 2.19. The first-order chi connectivity index (χ1) is 9.71. The lowest BCUT2D eigenvalue weighted by Gasteiger charge is -2.21. The first kappa shape index (κ1) is 17.0. The SMILES string of the molecule is CC(C)(C)Oc1ccc(C[C@H](NC(=O)CN)C(=O)O)cc1. The molecule has 0 saturated heterocycles. The topological polar surface area (TPSA) is 102 Å². The summed E-state index contributed by atoms with van der Waals surface area (Å²) in [7, 11) is 0. The number of ether oxygens (including phenoxy) is 1. The number of hydrogen-bond acceptors (Lipinski definition) is 4. The van der Waals surface area contributed by atoms with Crippen LogP contribution in [0.15, 0.2) is 24.3 Å². The first-order valence-corrected chi connectivity index (χ1v) is 6.71. The monoisotopic (exact) mass is 294 g/mol. The molecule has 0 heterocycles. The van der Waals surface area contributed by atoms with Gasteiger partial charge in [0.1, 0.15) is 17.4 Å². The summed E-state index contributed by atoms with van der Waals surface area (Å²) in [6.45, 7) is 5.61. The lowest BCUT2D eigenvalue weighted by atomic mass is 10.1. The third-order valence-electron chi connectivity index (χ3n) is 2.61. The van der Waals surface area contributed by atoms with Crippen LogP contribution in [0.3, 0.4) is 0 Å². The lowest BCUT2D eigenvalue weighted by Crippen LogP contribution is -2.44. The number of carbonyl (C=O) groups excluding carboxylic acids is 1. The number of nitrogens with one attached hydrogen (secondary N) is 1. The lowest BCUT2D eigenvalue weighted by molar-refractivity contribution is -0.141. The van der Waals surface area contributed by atoms with Crippen LogP contribution in [0.5, 0.6) is 5.75 Å². The molecule has 0 aliphatic heterocycles. The number of rotatable bonds is 6. The molecule has 0 aliphatic rings. The summed E-state index contributed by atoms with van der Waals surface area (Å²) in [5, 5.41) is 11.5. The van der Waals surface area contributed by atoms with Crippen molar-refractivity contribution in [2.45, 2.75) is 38.8 Å². The van der Waals surface area contributed by atoms with E-state index in [0.29, 0.717) is 5.75 Å². The number of nitrogens with two attached hydrogens (primary N) is 1. The maximum Gasteiger partial charge on any atom is 0.326 e. The molecule has 21 heavy (non-hydrogen) atoms. The molecule has 6 nitrogen and oxygen atoms in total. The van der Waals surface area contributed by atoms with Crippen LogP contribution in [-0.2, 0) is 16.0 Å². The van der Waals surface area contributed by atoms with Crippen LogP contribution < -0.4 is 15.8 Å². The molecule has 116 valence electrons. The van der Waals surface area contributed by atoms with Gasteiger partial charge in [0.05, 0.1) is 6.54 Å². The summed E-state index contributed by atoms with van der Waals surface area (Å²) in [5.74, 6) is -0.869. The van der Waals surface area contributed by atoms with Crippen molar-refractivity contribution in [1.82, 2.24) is 5.32 Å². The van der Waals surface area contributed by atoms with Crippen molar-refractivity contribution in [3.05, 3.63) is 29.8 Å². The van der Waals surface area contributed by atoms with Gasteiger partial charge in [-0.1, -0.05) is 12.1 Å². The Kier molecular flexibility index (Phi) is 5.72. The Hall–Kier alpha value is -2.08. The quantitative estimate of drug-likeness (QED) is 0.724. The first-order valence-electron chi connectivity index (χ1n) is 6.71. The van der Waals surface area contributed by atoms with Crippen molar-refractivity contribution in [1.29, 1.82) is 0 Å². The molecule has 0 aliphatic carbocycles. The van der Waals surface area contributed by atoms with Crippen molar-refractivity contribution in [2.24, 2.45) is 5.73 Å². The van der Waals surface area contributed by atoms with E-state index in [9.17, 15) is 9.59 Å². The maximum absolute atomic E-state index is 11.2. The highest BCUT2D eigenvalue weighted by Gasteiger charge is 2.20. The van der Waals surface area contributed by atoms with Gasteiger partial charge < -0.3 is 20.9 Å². The number of amides is 1. The number of benzene rings is 1. The molecular formula is C15H22N2O4. The van der Waals surface area contributed by atoms with Gasteiger partial charge in [0.15, 0.2) is 0 Å². The fourth-order valence-electron chi connectivity index (χ4n) is 1.74. The molecule has 0 bridgehead atoms. The molecule has 1 amide bonds. The van der Waals surface area contributed by atoms with Gasteiger partial charge in [-0.2, -0.15) is 0 Å².